The standard InChI is InChI=1S/C15H19NO4/c1-3-5-10-16(15(19)20-11-4-2)13-9-7-6-8-12(13)14(17)18/h4,6-9H,2-3,5,10-11H2,1H3,(H,17,18). The molecule has 0 fully saturated rings. The number of anilines is 1. The van der Waals surface area contributed by atoms with Crippen LogP contribution in [0.1, 0.15) is 30.1 Å². The van der Waals surface area contributed by atoms with E-state index in [2.05, 4.69) is 6.58 Å². The van der Waals surface area contributed by atoms with Crippen molar-refractivity contribution >= 4 is 17.7 Å². The van der Waals surface area contributed by atoms with E-state index in [1.165, 1.54) is 17.0 Å². The maximum atomic E-state index is 12.0. The van der Waals surface area contributed by atoms with Gasteiger partial charge in [-0.25, -0.2) is 9.59 Å². The highest BCUT2D eigenvalue weighted by molar-refractivity contribution is 5.99. The molecule has 0 aliphatic heterocycles. The van der Waals surface area contributed by atoms with E-state index in [1.54, 1.807) is 18.2 Å². The third-order valence-electron chi connectivity index (χ3n) is 2.71. The third kappa shape index (κ3) is 4.12. The Morgan fingerprint density at radius 1 is 1.40 bits per heavy atom. The molecule has 0 radical (unpaired) electrons. The number of carbonyl (C=O) groups is 2. The number of carboxylic acid groups (broad SMARTS) is 1. The molecule has 5 nitrogen and oxygen atoms in total. The summed E-state index contributed by atoms with van der Waals surface area (Å²) in [6, 6.07) is 6.40. The van der Waals surface area contributed by atoms with Crippen molar-refractivity contribution in [3.8, 4) is 0 Å². The summed E-state index contributed by atoms with van der Waals surface area (Å²) in [6.45, 7) is 5.99. The van der Waals surface area contributed by atoms with Gasteiger partial charge >= 0.3 is 12.1 Å². The molecule has 0 spiro atoms. The van der Waals surface area contributed by atoms with Crippen LogP contribution in [0, 0.1) is 0 Å². The lowest BCUT2D eigenvalue weighted by molar-refractivity contribution is 0.0697. The van der Waals surface area contributed by atoms with Gasteiger partial charge in [0.1, 0.15) is 6.61 Å². The van der Waals surface area contributed by atoms with Crippen LogP contribution >= 0.6 is 0 Å². The summed E-state index contributed by atoms with van der Waals surface area (Å²) in [5, 5.41) is 9.20. The normalized spacial score (nSPS) is 9.85. The highest BCUT2D eigenvalue weighted by Gasteiger charge is 2.21. The molecule has 108 valence electrons. The average molecular weight is 277 g/mol. The van der Waals surface area contributed by atoms with Crippen molar-refractivity contribution in [3.63, 3.8) is 0 Å². The van der Waals surface area contributed by atoms with Crippen LogP contribution in [0.2, 0.25) is 0 Å². The largest absolute Gasteiger partial charge is 0.478 e. The Labute approximate surface area is 118 Å². The van der Waals surface area contributed by atoms with Gasteiger partial charge in [-0.1, -0.05) is 38.1 Å². The number of amides is 1. The summed E-state index contributed by atoms with van der Waals surface area (Å²) >= 11 is 0. The molecule has 0 aromatic heterocycles. The van der Waals surface area contributed by atoms with E-state index >= 15 is 0 Å². The first-order valence-corrected chi connectivity index (χ1v) is 6.49. The zero-order valence-electron chi connectivity index (χ0n) is 11.5. The number of rotatable bonds is 7. The number of aromatic carboxylic acids is 1. The lowest BCUT2D eigenvalue weighted by Gasteiger charge is -2.23. The van der Waals surface area contributed by atoms with Gasteiger partial charge in [0.05, 0.1) is 11.3 Å². The van der Waals surface area contributed by atoms with Crippen molar-refractivity contribution in [1.82, 2.24) is 0 Å². The fraction of sp³-hybridized carbons (Fsp3) is 0.333. The predicted molar refractivity (Wildman–Crippen MR) is 77.2 cm³/mol. The Hall–Kier alpha value is -2.30. The molecule has 1 N–H and O–H groups in total. The quantitative estimate of drug-likeness (QED) is 0.776. The molecule has 1 rings (SSSR count). The van der Waals surface area contributed by atoms with Crippen LogP contribution in [-0.2, 0) is 4.74 Å². The van der Waals surface area contributed by atoms with E-state index < -0.39 is 12.1 Å². The topological polar surface area (TPSA) is 66.8 Å². The fourth-order valence-corrected chi connectivity index (χ4v) is 1.72. The van der Waals surface area contributed by atoms with Crippen molar-refractivity contribution in [1.29, 1.82) is 0 Å². The fourth-order valence-electron chi connectivity index (χ4n) is 1.72. The van der Waals surface area contributed by atoms with Crippen LogP contribution < -0.4 is 4.90 Å². The van der Waals surface area contributed by atoms with Crippen LogP contribution in [0.5, 0.6) is 0 Å². The molecule has 0 saturated carbocycles. The molecule has 0 unspecified atom stereocenters. The second-order valence-corrected chi connectivity index (χ2v) is 4.19. The number of benzene rings is 1. The predicted octanol–water partition coefficient (Wildman–Crippen LogP) is 3.31. The van der Waals surface area contributed by atoms with Crippen LogP contribution in [0.25, 0.3) is 0 Å². The molecule has 0 atom stereocenters. The minimum atomic E-state index is -1.07. The maximum absolute atomic E-state index is 12.0. The summed E-state index contributed by atoms with van der Waals surface area (Å²) in [5.74, 6) is -1.07. The van der Waals surface area contributed by atoms with E-state index in [4.69, 9.17) is 4.74 Å². The van der Waals surface area contributed by atoms with E-state index in [9.17, 15) is 14.7 Å². The highest BCUT2D eigenvalue weighted by Crippen LogP contribution is 2.22. The van der Waals surface area contributed by atoms with Gasteiger partial charge in [0.25, 0.3) is 0 Å². The second kappa shape index (κ2) is 7.99. The van der Waals surface area contributed by atoms with Gasteiger partial charge in [-0.05, 0) is 18.6 Å². The smallest absolute Gasteiger partial charge is 0.414 e. The molecular weight excluding hydrogens is 258 g/mol. The van der Waals surface area contributed by atoms with Crippen LogP contribution in [-0.4, -0.2) is 30.3 Å². The first-order chi connectivity index (χ1) is 9.61. The summed E-state index contributed by atoms with van der Waals surface area (Å²) in [7, 11) is 0. The number of hydrogen-bond acceptors (Lipinski definition) is 3. The molecule has 0 saturated heterocycles. The molecular formula is C15H19NO4. The number of nitrogens with zero attached hydrogens (tertiary/aromatic N) is 1. The van der Waals surface area contributed by atoms with Crippen molar-refractivity contribution in [3.05, 3.63) is 42.5 Å². The molecule has 5 heteroatoms. The average Bonchev–Trinajstić information content (AvgIpc) is 2.45. The zero-order valence-corrected chi connectivity index (χ0v) is 11.5. The molecule has 0 aliphatic rings. The Morgan fingerprint density at radius 2 is 2.10 bits per heavy atom. The van der Waals surface area contributed by atoms with Crippen molar-refractivity contribution in [2.75, 3.05) is 18.1 Å². The van der Waals surface area contributed by atoms with Crippen LogP contribution in [0.3, 0.4) is 0 Å². The van der Waals surface area contributed by atoms with E-state index in [0.717, 1.165) is 12.8 Å². The van der Waals surface area contributed by atoms with Gasteiger partial charge in [0.2, 0.25) is 0 Å². The van der Waals surface area contributed by atoms with Gasteiger partial charge in [-0.2, -0.15) is 0 Å². The van der Waals surface area contributed by atoms with Gasteiger partial charge in [0, 0.05) is 6.54 Å². The minimum absolute atomic E-state index is 0.0826. The number of unbranched alkanes of at least 4 members (excludes halogenated alkanes) is 1. The van der Waals surface area contributed by atoms with Crippen LogP contribution in [0.15, 0.2) is 36.9 Å². The number of ether oxygens (including phenoxy) is 1. The zero-order chi connectivity index (χ0) is 15.0. The summed E-state index contributed by atoms with van der Waals surface area (Å²) in [5.41, 5.74) is 0.432. The molecule has 1 aromatic rings. The van der Waals surface area contributed by atoms with Gasteiger partial charge in [0.15, 0.2) is 0 Å². The van der Waals surface area contributed by atoms with Crippen molar-refractivity contribution in [2.24, 2.45) is 0 Å². The van der Waals surface area contributed by atoms with Gasteiger partial charge in [-0.3, -0.25) is 4.90 Å². The number of carboxylic acids is 1. The molecule has 0 heterocycles. The van der Waals surface area contributed by atoms with Crippen LogP contribution in [0.4, 0.5) is 10.5 Å². The van der Waals surface area contributed by atoms with Gasteiger partial charge in [-0.15, -0.1) is 0 Å². The third-order valence-corrected chi connectivity index (χ3v) is 2.71. The Kier molecular flexibility index (Phi) is 6.29. The monoisotopic (exact) mass is 277 g/mol. The molecule has 1 aromatic carbocycles. The Bertz CT molecular complexity index is 485. The highest BCUT2D eigenvalue weighted by atomic mass is 16.6. The van der Waals surface area contributed by atoms with E-state index in [-0.39, 0.29) is 12.2 Å². The van der Waals surface area contributed by atoms with Crippen molar-refractivity contribution in [2.45, 2.75) is 19.8 Å². The molecule has 0 aliphatic carbocycles. The molecule has 1 amide bonds. The van der Waals surface area contributed by atoms with E-state index in [1.807, 2.05) is 6.92 Å². The Balaban J connectivity index is 3.06. The number of carbonyl (C=O) groups excluding carboxylic acids is 1. The first-order valence-electron chi connectivity index (χ1n) is 6.49. The lowest BCUT2D eigenvalue weighted by atomic mass is 10.1. The van der Waals surface area contributed by atoms with Gasteiger partial charge < -0.3 is 9.84 Å². The molecule has 20 heavy (non-hydrogen) atoms. The summed E-state index contributed by atoms with van der Waals surface area (Å²) in [4.78, 5) is 24.6. The first kappa shape index (κ1) is 15.8. The van der Waals surface area contributed by atoms with Crippen molar-refractivity contribution < 1.29 is 19.4 Å². The SMILES string of the molecule is C=CCOC(=O)N(CCCC)c1ccccc1C(=O)O. The Morgan fingerprint density at radius 3 is 2.70 bits per heavy atom. The summed E-state index contributed by atoms with van der Waals surface area (Å²) < 4.78 is 5.02. The number of para-hydroxylation sites is 1. The second-order valence-electron chi connectivity index (χ2n) is 4.19. The molecule has 0 bridgehead atoms. The maximum Gasteiger partial charge on any atom is 0.414 e. The number of hydrogen-bond donors (Lipinski definition) is 1. The lowest BCUT2D eigenvalue weighted by Crippen LogP contribution is -2.33. The summed E-state index contributed by atoms with van der Waals surface area (Å²) in [6.07, 6.45) is 2.56. The minimum Gasteiger partial charge on any atom is -0.478 e. The van der Waals surface area contributed by atoms with E-state index in [0.29, 0.717) is 12.2 Å².